The lowest BCUT2D eigenvalue weighted by Gasteiger charge is -2.14. The Labute approximate surface area is 190 Å². The number of benzene rings is 1. The largest absolute Gasteiger partial charge is 0.497 e. The second kappa shape index (κ2) is 10.1. The van der Waals surface area contributed by atoms with Gasteiger partial charge in [0.2, 0.25) is 11.6 Å². The van der Waals surface area contributed by atoms with Crippen LogP contribution in [0, 0.1) is 0 Å². The number of fused-ring (bicyclic) bond motifs is 1. The van der Waals surface area contributed by atoms with Gasteiger partial charge in [0.15, 0.2) is 5.76 Å². The zero-order valence-corrected chi connectivity index (χ0v) is 18.2. The molecule has 9 nitrogen and oxygen atoms in total. The van der Waals surface area contributed by atoms with Gasteiger partial charge in [0, 0.05) is 11.8 Å². The van der Waals surface area contributed by atoms with Crippen molar-refractivity contribution in [2.24, 2.45) is 0 Å². The number of rotatable bonds is 10. The highest BCUT2D eigenvalue weighted by molar-refractivity contribution is 6.02. The number of pyridine rings is 1. The number of furan rings is 1. The predicted octanol–water partition coefficient (Wildman–Crippen LogP) is 4.22. The summed E-state index contributed by atoms with van der Waals surface area (Å²) in [5.41, 5.74) is 2.63. The minimum Gasteiger partial charge on any atom is -0.497 e. The van der Waals surface area contributed by atoms with E-state index in [1.807, 2.05) is 42.5 Å². The van der Waals surface area contributed by atoms with Gasteiger partial charge in [-0.1, -0.05) is 18.2 Å². The molecule has 0 aliphatic heterocycles. The molecular weight excluding hydrogens is 426 g/mol. The molecule has 3 heterocycles. The Kier molecular flexibility index (Phi) is 6.80. The Balaban J connectivity index is 1.73. The highest BCUT2D eigenvalue weighted by Gasteiger charge is 2.24. The van der Waals surface area contributed by atoms with Crippen molar-refractivity contribution >= 4 is 17.1 Å². The molecular formula is C24H23N3O6. The lowest BCUT2D eigenvalue weighted by molar-refractivity contribution is -0.138. The van der Waals surface area contributed by atoms with Crippen LogP contribution in [-0.2, 0) is 9.53 Å². The molecule has 9 heteroatoms. The normalized spacial score (nSPS) is 11.9. The van der Waals surface area contributed by atoms with Gasteiger partial charge in [0.25, 0.3) is 0 Å². The van der Waals surface area contributed by atoms with Crippen molar-refractivity contribution in [1.29, 1.82) is 0 Å². The summed E-state index contributed by atoms with van der Waals surface area (Å²) in [6.45, 7) is 2.09. The summed E-state index contributed by atoms with van der Waals surface area (Å²) < 4.78 is 22.9. The van der Waals surface area contributed by atoms with Gasteiger partial charge >= 0.3 is 5.97 Å². The summed E-state index contributed by atoms with van der Waals surface area (Å²) in [6, 6.07) is 13.1. The monoisotopic (exact) mass is 449 g/mol. The third-order valence-electron chi connectivity index (χ3n) is 4.90. The molecule has 0 radical (unpaired) electrons. The molecule has 170 valence electrons. The van der Waals surface area contributed by atoms with Gasteiger partial charge in [-0.25, -0.2) is 9.97 Å². The van der Waals surface area contributed by atoms with Crippen molar-refractivity contribution in [2.45, 2.75) is 19.4 Å². The van der Waals surface area contributed by atoms with Gasteiger partial charge in [0.05, 0.1) is 26.2 Å². The summed E-state index contributed by atoms with van der Waals surface area (Å²) in [5, 5.41) is 9.38. The van der Waals surface area contributed by atoms with Crippen LogP contribution in [0.25, 0.3) is 33.7 Å². The Morgan fingerprint density at radius 2 is 1.94 bits per heavy atom. The highest BCUT2D eigenvalue weighted by atomic mass is 16.5. The maximum atomic E-state index is 10.7. The van der Waals surface area contributed by atoms with Crippen molar-refractivity contribution in [3.8, 4) is 34.2 Å². The number of hydrogen-bond acceptors (Lipinski definition) is 8. The van der Waals surface area contributed by atoms with E-state index in [1.54, 1.807) is 20.2 Å². The van der Waals surface area contributed by atoms with E-state index >= 15 is 0 Å². The lowest BCUT2D eigenvalue weighted by atomic mass is 10.0. The van der Waals surface area contributed by atoms with Crippen LogP contribution in [0.1, 0.15) is 13.3 Å². The fraction of sp³-hybridized carbons (Fsp3) is 0.250. The molecule has 0 bridgehead atoms. The van der Waals surface area contributed by atoms with Crippen LogP contribution in [0.4, 0.5) is 0 Å². The number of ether oxygens (including phenoxy) is 3. The standard InChI is InChI=1S/C24H23N3O6/c1-15(31-12-10-19(28)29)13-32-23-21-20(16-6-8-17(30-2)9-7-16)22(18-5-3-4-11-25-18)33-24(21)27-14-26-23/h3-9,11,14-15H,10,12-13H2,1-2H3,(H,28,29)/t15-/m0/s1. The second-order valence-corrected chi connectivity index (χ2v) is 7.24. The fourth-order valence-electron chi connectivity index (χ4n) is 3.32. The Morgan fingerprint density at radius 3 is 2.64 bits per heavy atom. The Morgan fingerprint density at radius 1 is 1.12 bits per heavy atom. The van der Waals surface area contributed by atoms with Crippen LogP contribution in [0.2, 0.25) is 0 Å². The van der Waals surface area contributed by atoms with E-state index in [4.69, 9.17) is 23.7 Å². The second-order valence-electron chi connectivity index (χ2n) is 7.24. The number of aliphatic carboxylic acids is 1. The quantitative estimate of drug-likeness (QED) is 0.380. The van der Waals surface area contributed by atoms with Gasteiger partial charge in [0.1, 0.15) is 29.8 Å². The number of methoxy groups -OCH3 is 1. The van der Waals surface area contributed by atoms with Crippen LogP contribution in [-0.4, -0.2) is 52.5 Å². The van der Waals surface area contributed by atoms with Crippen LogP contribution < -0.4 is 9.47 Å². The third kappa shape index (κ3) is 5.09. The van der Waals surface area contributed by atoms with Crippen molar-refractivity contribution in [1.82, 2.24) is 15.0 Å². The van der Waals surface area contributed by atoms with E-state index < -0.39 is 5.97 Å². The molecule has 1 atom stereocenters. The topological polar surface area (TPSA) is 117 Å². The van der Waals surface area contributed by atoms with Crippen molar-refractivity contribution in [2.75, 3.05) is 20.3 Å². The molecule has 0 amide bonds. The summed E-state index contributed by atoms with van der Waals surface area (Å²) in [6.07, 6.45) is 2.66. The number of nitrogens with zero attached hydrogens (tertiary/aromatic N) is 3. The molecule has 1 N–H and O–H groups in total. The molecule has 4 aromatic rings. The summed E-state index contributed by atoms with van der Waals surface area (Å²) in [5.74, 6) is 0.702. The molecule has 0 saturated carbocycles. The summed E-state index contributed by atoms with van der Waals surface area (Å²) >= 11 is 0. The van der Waals surface area contributed by atoms with Gasteiger partial charge in [-0.05, 0) is 36.8 Å². The van der Waals surface area contributed by atoms with Crippen molar-refractivity contribution in [3.05, 3.63) is 55.0 Å². The predicted molar refractivity (Wildman–Crippen MR) is 120 cm³/mol. The first-order valence-electron chi connectivity index (χ1n) is 10.4. The first-order valence-corrected chi connectivity index (χ1v) is 10.4. The van der Waals surface area contributed by atoms with E-state index in [1.165, 1.54) is 6.33 Å². The van der Waals surface area contributed by atoms with Gasteiger partial charge in [-0.15, -0.1) is 0 Å². The van der Waals surface area contributed by atoms with Gasteiger partial charge < -0.3 is 23.7 Å². The van der Waals surface area contributed by atoms with E-state index in [-0.39, 0.29) is 25.7 Å². The average Bonchev–Trinajstić information content (AvgIpc) is 3.23. The fourth-order valence-corrected chi connectivity index (χ4v) is 3.32. The van der Waals surface area contributed by atoms with Crippen molar-refractivity contribution in [3.63, 3.8) is 0 Å². The highest BCUT2D eigenvalue weighted by Crippen LogP contribution is 2.43. The van der Waals surface area contributed by atoms with Gasteiger partial charge in [-0.2, -0.15) is 0 Å². The van der Waals surface area contributed by atoms with Crippen LogP contribution in [0.15, 0.2) is 59.4 Å². The van der Waals surface area contributed by atoms with E-state index in [0.29, 0.717) is 28.4 Å². The van der Waals surface area contributed by atoms with Crippen molar-refractivity contribution < 1.29 is 28.5 Å². The SMILES string of the molecule is COc1ccc(-c2c(-c3ccccn3)oc3ncnc(OC[C@H](C)OCCC(=O)O)c23)cc1. The molecule has 0 unspecified atom stereocenters. The minimum atomic E-state index is -0.912. The molecule has 33 heavy (non-hydrogen) atoms. The maximum absolute atomic E-state index is 10.7. The molecule has 0 aliphatic carbocycles. The summed E-state index contributed by atoms with van der Waals surface area (Å²) in [4.78, 5) is 23.8. The maximum Gasteiger partial charge on any atom is 0.305 e. The molecule has 0 saturated heterocycles. The van der Waals surface area contributed by atoms with Crippen LogP contribution in [0.5, 0.6) is 11.6 Å². The Bertz CT molecular complexity index is 1220. The third-order valence-corrected chi connectivity index (χ3v) is 4.90. The lowest BCUT2D eigenvalue weighted by Crippen LogP contribution is -2.20. The zero-order valence-electron chi connectivity index (χ0n) is 18.2. The summed E-state index contributed by atoms with van der Waals surface area (Å²) in [7, 11) is 1.61. The number of carboxylic acid groups (broad SMARTS) is 1. The molecule has 3 aromatic heterocycles. The van der Waals surface area contributed by atoms with E-state index in [0.717, 1.165) is 16.9 Å². The number of carboxylic acids is 1. The average molecular weight is 449 g/mol. The minimum absolute atomic E-state index is 0.0706. The smallest absolute Gasteiger partial charge is 0.305 e. The number of hydrogen-bond donors (Lipinski definition) is 1. The first-order chi connectivity index (χ1) is 16.1. The molecule has 0 aliphatic rings. The molecule has 1 aromatic carbocycles. The first kappa shape index (κ1) is 22.2. The van der Waals surface area contributed by atoms with Crippen LogP contribution in [0.3, 0.4) is 0 Å². The molecule has 0 fully saturated rings. The molecule has 0 spiro atoms. The molecule has 4 rings (SSSR count). The van der Waals surface area contributed by atoms with E-state index in [2.05, 4.69) is 15.0 Å². The number of aromatic nitrogens is 3. The zero-order chi connectivity index (χ0) is 23.2. The van der Waals surface area contributed by atoms with E-state index in [9.17, 15) is 4.79 Å². The number of carbonyl (C=O) groups is 1. The van der Waals surface area contributed by atoms with Crippen LogP contribution >= 0.6 is 0 Å². The Hall–Kier alpha value is -3.98. The van der Waals surface area contributed by atoms with Gasteiger partial charge in [-0.3, -0.25) is 9.78 Å².